The molecule has 1 unspecified atom stereocenters. The van der Waals surface area contributed by atoms with Crippen molar-refractivity contribution in [1.82, 2.24) is 5.32 Å². The first-order valence-electron chi connectivity index (χ1n) is 5.88. The van der Waals surface area contributed by atoms with Crippen molar-refractivity contribution in [2.24, 2.45) is 5.92 Å². The quantitative estimate of drug-likeness (QED) is 0.793. The van der Waals surface area contributed by atoms with Gasteiger partial charge >= 0.3 is 5.97 Å². The van der Waals surface area contributed by atoms with Crippen molar-refractivity contribution in [3.05, 3.63) is 33.8 Å². The predicted octanol–water partition coefficient (Wildman–Crippen LogP) is 3.22. The maximum Gasteiger partial charge on any atom is 0.306 e. The van der Waals surface area contributed by atoms with E-state index in [0.717, 1.165) is 0 Å². The van der Waals surface area contributed by atoms with E-state index in [9.17, 15) is 9.59 Å². The first-order chi connectivity index (χ1) is 8.91. The molecule has 0 radical (unpaired) electrons. The molecule has 0 heterocycles. The van der Waals surface area contributed by atoms with Gasteiger partial charge in [0, 0.05) is 11.6 Å². The molecule has 0 saturated carbocycles. The maximum atomic E-state index is 11.8. The molecule has 6 heteroatoms. The van der Waals surface area contributed by atoms with Gasteiger partial charge in [0.25, 0.3) is 5.91 Å². The van der Waals surface area contributed by atoms with Crippen LogP contribution in [0.3, 0.4) is 0 Å². The number of carboxylic acids is 1. The van der Waals surface area contributed by atoms with Gasteiger partial charge in [0.1, 0.15) is 0 Å². The molecule has 4 nitrogen and oxygen atoms in total. The second-order valence-electron chi connectivity index (χ2n) is 4.26. The third-order valence-electron chi connectivity index (χ3n) is 2.70. The zero-order valence-corrected chi connectivity index (χ0v) is 12.0. The molecule has 0 bridgehead atoms. The number of aliphatic carboxylic acids is 1. The number of hydrogen-bond donors (Lipinski definition) is 2. The molecule has 0 saturated heterocycles. The largest absolute Gasteiger partial charge is 0.481 e. The van der Waals surface area contributed by atoms with Crippen LogP contribution in [0.15, 0.2) is 18.2 Å². The Morgan fingerprint density at radius 3 is 2.63 bits per heavy atom. The Kier molecular flexibility index (Phi) is 6.12. The van der Waals surface area contributed by atoms with Crippen LogP contribution in [-0.2, 0) is 4.79 Å². The fraction of sp³-hybridized carbons (Fsp3) is 0.385. The smallest absolute Gasteiger partial charge is 0.306 e. The summed E-state index contributed by atoms with van der Waals surface area (Å²) in [5, 5.41) is 12.2. The van der Waals surface area contributed by atoms with Gasteiger partial charge in [-0.1, -0.05) is 30.1 Å². The van der Waals surface area contributed by atoms with Gasteiger partial charge < -0.3 is 10.4 Å². The van der Waals surface area contributed by atoms with Gasteiger partial charge in [0.2, 0.25) is 0 Å². The van der Waals surface area contributed by atoms with Crippen molar-refractivity contribution in [3.63, 3.8) is 0 Å². The Balaban J connectivity index is 2.41. The molecule has 0 aromatic heterocycles. The Hall–Kier alpha value is -1.26. The van der Waals surface area contributed by atoms with E-state index in [0.29, 0.717) is 35.0 Å². The lowest BCUT2D eigenvalue weighted by Gasteiger charge is -2.08. The molecule has 104 valence electrons. The van der Waals surface area contributed by atoms with Crippen LogP contribution >= 0.6 is 23.2 Å². The topological polar surface area (TPSA) is 66.4 Å². The van der Waals surface area contributed by atoms with E-state index in [4.69, 9.17) is 28.3 Å². The maximum absolute atomic E-state index is 11.8. The van der Waals surface area contributed by atoms with Crippen LogP contribution in [0.25, 0.3) is 0 Å². The molecule has 1 aromatic carbocycles. The number of benzene rings is 1. The molecule has 0 aliphatic heterocycles. The third kappa shape index (κ3) is 5.09. The summed E-state index contributed by atoms with van der Waals surface area (Å²) in [5.74, 6) is -1.52. The molecule has 1 aromatic rings. The number of nitrogens with one attached hydrogen (secondary N) is 1. The monoisotopic (exact) mass is 303 g/mol. The summed E-state index contributed by atoms with van der Waals surface area (Å²) in [6.07, 6.45) is 1.12. The Bertz CT molecular complexity index is 477. The van der Waals surface area contributed by atoms with E-state index >= 15 is 0 Å². The SMILES string of the molecule is CC(CCCNC(=O)c1ccc(Cl)cc1Cl)C(=O)O. The number of hydrogen-bond acceptors (Lipinski definition) is 2. The predicted molar refractivity (Wildman–Crippen MR) is 74.8 cm³/mol. The second-order valence-corrected chi connectivity index (χ2v) is 5.11. The Morgan fingerprint density at radius 2 is 2.05 bits per heavy atom. The van der Waals surface area contributed by atoms with Crippen LogP contribution in [0.4, 0.5) is 0 Å². The lowest BCUT2D eigenvalue weighted by molar-refractivity contribution is -0.141. The number of amides is 1. The third-order valence-corrected chi connectivity index (χ3v) is 3.24. The minimum absolute atomic E-state index is 0.287. The van der Waals surface area contributed by atoms with Crippen LogP contribution in [0.2, 0.25) is 10.0 Å². The summed E-state index contributed by atoms with van der Waals surface area (Å²) in [6, 6.07) is 4.65. The molecule has 2 N–H and O–H groups in total. The van der Waals surface area contributed by atoms with E-state index in [1.165, 1.54) is 6.07 Å². The summed E-state index contributed by atoms with van der Waals surface area (Å²) in [5.41, 5.74) is 0.359. The van der Waals surface area contributed by atoms with Crippen molar-refractivity contribution < 1.29 is 14.7 Å². The minimum Gasteiger partial charge on any atom is -0.481 e. The van der Waals surface area contributed by atoms with Gasteiger partial charge in [-0.3, -0.25) is 9.59 Å². The fourth-order valence-electron chi connectivity index (χ4n) is 1.50. The molecule has 1 rings (SSSR count). The van der Waals surface area contributed by atoms with Crippen molar-refractivity contribution in [2.75, 3.05) is 6.54 Å². The number of halogens is 2. The Morgan fingerprint density at radius 1 is 1.37 bits per heavy atom. The van der Waals surface area contributed by atoms with Gasteiger partial charge in [-0.2, -0.15) is 0 Å². The van der Waals surface area contributed by atoms with Gasteiger partial charge in [0.05, 0.1) is 16.5 Å². The summed E-state index contributed by atoms with van der Waals surface area (Å²) in [4.78, 5) is 22.4. The first kappa shape index (κ1) is 15.8. The van der Waals surface area contributed by atoms with E-state index in [-0.39, 0.29) is 5.91 Å². The number of carboxylic acid groups (broad SMARTS) is 1. The standard InChI is InChI=1S/C13H15Cl2NO3/c1-8(13(18)19)3-2-6-16-12(17)10-5-4-9(14)7-11(10)15/h4-5,7-8H,2-3,6H2,1H3,(H,16,17)(H,18,19). The van der Waals surface area contributed by atoms with E-state index in [1.54, 1.807) is 19.1 Å². The molecule has 0 fully saturated rings. The molecule has 0 spiro atoms. The zero-order valence-electron chi connectivity index (χ0n) is 10.5. The highest BCUT2D eigenvalue weighted by molar-refractivity contribution is 6.36. The van der Waals surface area contributed by atoms with Gasteiger partial charge in [-0.25, -0.2) is 0 Å². The molecule has 1 amide bonds. The van der Waals surface area contributed by atoms with Crippen LogP contribution in [0.1, 0.15) is 30.1 Å². The summed E-state index contributed by atoms with van der Waals surface area (Å²) < 4.78 is 0. The molecule has 1 atom stereocenters. The highest BCUT2D eigenvalue weighted by Gasteiger charge is 2.12. The summed E-state index contributed by atoms with van der Waals surface area (Å²) in [6.45, 7) is 2.05. The molecule has 19 heavy (non-hydrogen) atoms. The second kappa shape index (κ2) is 7.36. The molecule has 0 aliphatic carbocycles. The van der Waals surface area contributed by atoms with Crippen LogP contribution in [0.5, 0.6) is 0 Å². The fourth-order valence-corrected chi connectivity index (χ4v) is 2.00. The van der Waals surface area contributed by atoms with Crippen LogP contribution < -0.4 is 5.32 Å². The first-order valence-corrected chi connectivity index (χ1v) is 6.63. The van der Waals surface area contributed by atoms with Crippen molar-refractivity contribution >= 4 is 35.1 Å². The van der Waals surface area contributed by atoms with Crippen LogP contribution in [0, 0.1) is 5.92 Å². The lowest BCUT2D eigenvalue weighted by atomic mass is 10.1. The molecule has 0 aliphatic rings. The molecular formula is C13H15Cl2NO3. The summed E-state index contributed by atoms with van der Waals surface area (Å²) in [7, 11) is 0. The average molecular weight is 304 g/mol. The van der Waals surface area contributed by atoms with E-state index in [2.05, 4.69) is 5.32 Å². The van der Waals surface area contributed by atoms with Gasteiger partial charge in [-0.15, -0.1) is 0 Å². The van der Waals surface area contributed by atoms with Crippen molar-refractivity contribution in [1.29, 1.82) is 0 Å². The summed E-state index contributed by atoms with van der Waals surface area (Å²) >= 11 is 11.6. The van der Waals surface area contributed by atoms with Crippen molar-refractivity contribution in [2.45, 2.75) is 19.8 Å². The van der Waals surface area contributed by atoms with E-state index in [1.807, 2.05) is 0 Å². The minimum atomic E-state index is -0.827. The van der Waals surface area contributed by atoms with Crippen LogP contribution in [-0.4, -0.2) is 23.5 Å². The van der Waals surface area contributed by atoms with E-state index < -0.39 is 11.9 Å². The van der Waals surface area contributed by atoms with Crippen molar-refractivity contribution in [3.8, 4) is 0 Å². The highest BCUT2D eigenvalue weighted by atomic mass is 35.5. The average Bonchev–Trinajstić information content (AvgIpc) is 2.33. The zero-order chi connectivity index (χ0) is 14.4. The number of rotatable bonds is 6. The number of carbonyl (C=O) groups excluding carboxylic acids is 1. The molecular weight excluding hydrogens is 289 g/mol. The highest BCUT2D eigenvalue weighted by Crippen LogP contribution is 2.20. The lowest BCUT2D eigenvalue weighted by Crippen LogP contribution is -2.25. The van der Waals surface area contributed by atoms with Gasteiger partial charge in [0.15, 0.2) is 0 Å². The van der Waals surface area contributed by atoms with Gasteiger partial charge in [-0.05, 0) is 31.0 Å². The normalized spacial score (nSPS) is 11.9. The number of carbonyl (C=O) groups is 2. The Labute approximate surface area is 121 Å².